The van der Waals surface area contributed by atoms with Gasteiger partial charge in [0.05, 0.1) is 21.6 Å². The third kappa shape index (κ3) is 4.47. The van der Waals surface area contributed by atoms with E-state index in [-0.39, 0.29) is 18.2 Å². The molecule has 1 saturated heterocycles. The summed E-state index contributed by atoms with van der Waals surface area (Å²) in [6.45, 7) is 5.33. The monoisotopic (exact) mass is 452 g/mol. The zero-order valence-electron chi connectivity index (χ0n) is 18.6. The number of nitro benzene ring substituents is 1. The van der Waals surface area contributed by atoms with Gasteiger partial charge in [-0.1, -0.05) is 0 Å². The fourth-order valence-corrected chi connectivity index (χ4v) is 4.03. The summed E-state index contributed by atoms with van der Waals surface area (Å²) in [4.78, 5) is 43.9. The van der Waals surface area contributed by atoms with Crippen molar-refractivity contribution in [2.24, 2.45) is 7.05 Å². The van der Waals surface area contributed by atoms with E-state index >= 15 is 0 Å². The van der Waals surface area contributed by atoms with E-state index in [1.54, 1.807) is 48.7 Å². The number of carbonyl (C=O) groups excluding carboxylic acids is 2. The van der Waals surface area contributed by atoms with Gasteiger partial charge in [-0.3, -0.25) is 19.6 Å². The van der Waals surface area contributed by atoms with E-state index in [1.165, 1.54) is 12.1 Å². The number of non-ortho nitro benzene ring substituents is 1. The van der Waals surface area contributed by atoms with E-state index in [9.17, 15) is 19.7 Å². The molecule has 1 aliphatic rings. The van der Waals surface area contributed by atoms with Crippen molar-refractivity contribution in [2.45, 2.75) is 13.8 Å². The maximum atomic E-state index is 12.8. The Morgan fingerprint density at radius 1 is 1.12 bits per heavy atom. The topological polar surface area (TPSA) is 124 Å². The zero-order chi connectivity index (χ0) is 23.7. The van der Waals surface area contributed by atoms with Crippen LogP contribution in [0.2, 0.25) is 0 Å². The molecule has 11 heteroatoms. The number of amides is 1. The molecule has 0 spiro atoms. The number of nitrogens with zero attached hydrogens (tertiary/aromatic N) is 6. The first-order chi connectivity index (χ1) is 15.7. The van der Waals surface area contributed by atoms with E-state index in [0.29, 0.717) is 54.2 Å². The van der Waals surface area contributed by atoms with Crippen molar-refractivity contribution in [2.75, 3.05) is 37.7 Å². The summed E-state index contributed by atoms with van der Waals surface area (Å²) in [5.41, 5.74) is 3.17. The van der Waals surface area contributed by atoms with Gasteiger partial charge in [-0.25, -0.2) is 9.78 Å². The van der Waals surface area contributed by atoms with Gasteiger partial charge in [0.25, 0.3) is 11.6 Å². The number of carbonyl (C=O) groups is 2. The Labute approximate surface area is 189 Å². The van der Waals surface area contributed by atoms with Crippen LogP contribution >= 0.6 is 0 Å². The normalized spacial score (nSPS) is 13.9. The Balaban J connectivity index is 1.35. The lowest BCUT2D eigenvalue weighted by Crippen LogP contribution is -2.49. The van der Waals surface area contributed by atoms with Gasteiger partial charge in [0, 0.05) is 56.7 Å². The standard InChI is InChI=1S/C22H24N6O5/c1-14-12-18(20-15(2)24-25(3)21(20)23-14)22(30)33-13-19(29)27-10-8-26(9-11-27)16-4-6-17(7-5-16)28(31)32/h4-7,12H,8-11,13H2,1-3H3. The van der Waals surface area contributed by atoms with E-state index in [0.717, 1.165) is 5.69 Å². The van der Waals surface area contributed by atoms with Crippen LogP contribution in [0.1, 0.15) is 21.7 Å². The summed E-state index contributed by atoms with van der Waals surface area (Å²) in [5.74, 6) is -0.851. The second-order valence-corrected chi connectivity index (χ2v) is 7.94. The molecule has 172 valence electrons. The zero-order valence-corrected chi connectivity index (χ0v) is 18.6. The quantitative estimate of drug-likeness (QED) is 0.327. The molecule has 0 unspecified atom stereocenters. The molecule has 1 aromatic carbocycles. The molecule has 1 amide bonds. The molecular weight excluding hydrogens is 428 g/mol. The number of esters is 1. The van der Waals surface area contributed by atoms with Gasteiger partial charge in [0.15, 0.2) is 12.3 Å². The van der Waals surface area contributed by atoms with Crippen molar-refractivity contribution < 1.29 is 19.2 Å². The number of hydrogen-bond acceptors (Lipinski definition) is 8. The molecule has 2 aromatic heterocycles. The smallest absolute Gasteiger partial charge is 0.339 e. The van der Waals surface area contributed by atoms with Gasteiger partial charge in [0.2, 0.25) is 0 Å². The highest BCUT2D eigenvalue weighted by atomic mass is 16.6. The van der Waals surface area contributed by atoms with Crippen LogP contribution in [0.5, 0.6) is 0 Å². The lowest BCUT2D eigenvalue weighted by Gasteiger charge is -2.36. The number of piperazine rings is 1. The summed E-state index contributed by atoms with van der Waals surface area (Å²) in [7, 11) is 1.76. The predicted octanol–water partition coefficient (Wildman–Crippen LogP) is 2.00. The van der Waals surface area contributed by atoms with E-state index in [4.69, 9.17) is 4.74 Å². The Morgan fingerprint density at radius 3 is 2.42 bits per heavy atom. The van der Waals surface area contributed by atoms with Crippen molar-refractivity contribution in [3.8, 4) is 0 Å². The molecule has 0 N–H and O–H groups in total. The van der Waals surface area contributed by atoms with Crippen LogP contribution in [0, 0.1) is 24.0 Å². The Bertz CT molecular complexity index is 1230. The van der Waals surface area contributed by atoms with Gasteiger partial charge in [-0.15, -0.1) is 0 Å². The number of aromatic nitrogens is 3. The Morgan fingerprint density at radius 2 is 1.79 bits per heavy atom. The summed E-state index contributed by atoms with van der Waals surface area (Å²) in [5, 5.41) is 15.8. The third-order valence-corrected chi connectivity index (χ3v) is 5.70. The lowest BCUT2D eigenvalue weighted by molar-refractivity contribution is -0.384. The van der Waals surface area contributed by atoms with Gasteiger partial charge < -0.3 is 14.5 Å². The van der Waals surface area contributed by atoms with Crippen molar-refractivity contribution in [1.82, 2.24) is 19.7 Å². The first kappa shape index (κ1) is 22.2. The molecule has 0 aliphatic carbocycles. The minimum Gasteiger partial charge on any atom is -0.452 e. The van der Waals surface area contributed by atoms with E-state index in [1.807, 2.05) is 0 Å². The molecule has 0 saturated carbocycles. The SMILES string of the molecule is Cc1cc(C(=O)OCC(=O)N2CCN(c3ccc([N+](=O)[O-])cc3)CC2)c2c(C)nn(C)c2n1. The highest BCUT2D eigenvalue weighted by Gasteiger charge is 2.24. The average molecular weight is 452 g/mol. The molecular formula is C22H24N6O5. The van der Waals surface area contributed by atoms with Crippen LogP contribution in [0.4, 0.5) is 11.4 Å². The highest BCUT2D eigenvalue weighted by Crippen LogP contribution is 2.23. The fourth-order valence-electron chi connectivity index (χ4n) is 4.03. The van der Waals surface area contributed by atoms with Gasteiger partial charge >= 0.3 is 5.97 Å². The van der Waals surface area contributed by atoms with Crippen LogP contribution in [-0.4, -0.2) is 69.3 Å². The maximum absolute atomic E-state index is 12.8. The first-order valence-corrected chi connectivity index (χ1v) is 10.5. The van der Waals surface area contributed by atoms with Gasteiger partial charge in [0.1, 0.15) is 0 Å². The molecule has 0 radical (unpaired) electrons. The number of hydrogen-bond donors (Lipinski definition) is 0. The molecule has 0 bridgehead atoms. The van der Waals surface area contributed by atoms with Crippen molar-refractivity contribution >= 4 is 34.3 Å². The molecule has 33 heavy (non-hydrogen) atoms. The Kier molecular flexibility index (Phi) is 5.95. The number of fused-ring (bicyclic) bond motifs is 1. The summed E-state index contributed by atoms with van der Waals surface area (Å²) < 4.78 is 6.96. The van der Waals surface area contributed by atoms with Crippen LogP contribution in [-0.2, 0) is 16.6 Å². The second kappa shape index (κ2) is 8.85. The number of pyridine rings is 1. The number of aryl methyl sites for hydroxylation is 3. The largest absolute Gasteiger partial charge is 0.452 e. The van der Waals surface area contributed by atoms with Crippen molar-refractivity contribution in [3.05, 3.63) is 57.4 Å². The molecule has 4 rings (SSSR count). The third-order valence-electron chi connectivity index (χ3n) is 5.70. The average Bonchev–Trinajstić information content (AvgIpc) is 3.09. The van der Waals surface area contributed by atoms with Gasteiger partial charge in [-0.05, 0) is 32.0 Å². The van der Waals surface area contributed by atoms with Crippen LogP contribution in [0.15, 0.2) is 30.3 Å². The predicted molar refractivity (Wildman–Crippen MR) is 120 cm³/mol. The lowest BCUT2D eigenvalue weighted by atomic mass is 10.1. The summed E-state index contributed by atoms with van der Waals surface area (Å²) in [6.07, 6.45) is 0. The van der Waals surface area contributed by atoms with Crippen LogP contribution in [0.3, 0.4) is 0 Å². The minimum atomic E-state index is -0.584. The highest BCUT2D eigenvalue weighted by molar-refractivity contribution is 6.04. The van der Waals surface area contributed by atoms with Crippen LogP contribution < -0.4 is 4.90 Å². The molecule has 3 heterocycles. The maximum Gasteiger partial charge on any atom is 0.339 e. The van der Waals surface area contributed by atoms with Gasteiger partial charge in [-0.2, -0.15) is 5.10 Å². The van der Waals surface area contributed by atoms with Crippen molar-refractivity contribution in [3.63, 3.8) is 0 Å². The summed E-state index contributed by atoms with van der Waals surface area (Å²) >= 11 is 0. The molecule has 0 atom stereocenters. The number of nitro groups is 1. The minimum absolute atomic E-state index is 0.0394. The molecule has 1 aliphatic heterocycles. The number of rotatable bonds is 5. The van der Waals surface area contributed by atoms with Crippen molar-refractivity contribution in [1.29, 1.82) is 0 Å². The van der Waals surface area contributed by atoms with E-state index < -0.39 is 10.9 Å². The number of anilines is 1. The van der Waals surface area contributed by atoms with Crippen LogP contribution in [0.25, 0.3) is 11.0 Å². The molecule has 1 fully saturated rings. The molecule has 3 aromatic rings. The number of benzene rings is 1. The second-order valence-electron chi connectivity index (χ2n) is 7.94. The number of ether oxygens (including phenoxy) is 1. The van der Waals surface area contributed by atoms with E-state index in [2.05, 4.69) is 15.0 Å². The fraction of sp³-hybridized carbons (Fsp3) is 0.364. The Hall–Kier alpha value is -4.02. The first-order valence-electron chi connectivity index (χ1n) is 10.5. The molecule has 11 nitrogen and oxygen atoms in total. The summed E-state index contributed by atoms with van der Waals surface area (Å²) in [6, 6.07) is 7.99.